The number of hydrogen-bond donors (Lipinski definition) is 4. The van der Waals surface area contributed by atoms with E-state index in [2.05, 4.69) is 15.2 Å². The van der Waals surface area contributed by atoms with E-state index in [0.29, 0.717) is 33.7 Å². The number of nitrogens with zero attached hydrogens (tertiary/aromatic N) is 3. The molecular formula is C17H15BN4O5. The van der Waals surface area contributed by atoms with Gasteiger partial charge in [0.1, 0.15) is 5.52 Å². The van der Waals surface area contributed by atoms with Crippen molar-refractivity contribution in [3.05, 3.63) is 42.4 Å². The highest BCUT2D eigenvalue weighted by Gasteiger charge is 2.18. The summed E-state index contributed by atoms with van der Waals surface area (Å²) in [5, 5.41) is 34.7. The van der Waals surface area contributed by atoms with Crippen molar-refractivity contribution in [3.63, 3.8) is 0 Å². The average Bonchev–Trinajstić information content (AvgIpc) is 3.01. The number of carbonyl (C=O) groups is 1. The van der Waals surface area contributed by atoms with Crippen molar-refractivity contribution in [2.75, 3.05) is 5.73 Å². The molecule has 4 rings (SSSR count). The summed E-state index contributed by atoms with van der Waals surface area (Å²) < 4.78 is 5.55. The minimum Gasteiger partial charge on any atom is -0.483 e. The van der Waals surface area contributed by atoms with Gasteiger partial charge in [0, 0.05) is 17.9 Å². The van der Waals surface area contributed by atoms with E-state index in [0.717, 1.165) is 16.5 Å². The number of benzene rings is 2. The SMILES string of the molecule is Cc1nc2c(-c3ccc4c(N)cnnc4c3)cc(B(O)O)cc2o1.O=CO. The van der Waals surface area contributed by atoms with Crippen molar-refractivity contribution >= 4 is 46.7 Å². The third-order valence-electron chi connectivity index (χ3n) is 3.90. The third-order valence-corrected chi connectivity index (χ3v) is 3.90. The zero-order chi connectivity index (χ0) is 19.6. The van der Waals surface area contributed by atoms with Gasteiger partial charge >= 0.3 is 7.12 Å². The first-order chi connectivity index (χ1) is 12.9. The molecule has 136 valence electrons. The van der Waals surface area contributed by atoms with Crippen LogP contribution in [0, 0.1) is 6.92 Å². The molecule has 5 N–H and O–H groups in total. The lowest BCUT2D eigenvalue weighted by atomic mass is 9.78. The number of aryl methyl sites for hydroxylation is 1. The molecule has 2 aromatic heterocycles. The van der Waals surface area contributed by atoms with Crippen LogP contribution < -0.4 is 11.2 Å². The lowest BCUT2D eigenvalue weighted by Gasteiger charge is -2.08. The van der Waals surface area contributed by atoms with Gasteiger partial charge in [-0.05, 0) is 29.2 Å². The van der Waals surface area contributed by atoms with E-state index < -0.39 is 7.12 Å². The topological polar surface area (TPSA) is 156 Å². The molecular weight excluding hydrogens is 351 g/mol. The number of anilines is 1. The minimum atomic E-state index is -1.60. The van der Waals surface area contributed by atoms with Crippen molar-refractivity contribution in [2.24, 2.45) is 0 Å². The summed E-state index contributed by atoms with van der Waals surface area (Å²) >= 11 is 0. The molecule has 0 saturated heterocycles. The molecule has 0 unspecified atom stereocenters. The van der Waals surface area contributed by atoms with Crippen LogP contribution in [0.4, 0.5) is 5.69 Å². The number of nitrogen functional groups attached to an aromatic ring is 1. The summed E-state index contributed by atoms with van der Waals surface area (Å²) in [6.07, 6.45) is 1.50. The number of oxazole rings is 1. The maximum absolute atomic E-state index is 9.52. The predicted octanol–water partition coefficient (Wildman–Crippen LogP) is 0.709. The van der Waals surface area contributed by atoms with Gasteiger partial charge in [0.15, 0.2) is 11.5 Å². The number of carboxylic acid groups (broad SMARTS) is 1. The molecule has 0 fully saturated rings. The second-order valence-electron chi connectivity index (χ2n) is 5.66. The summed E-state index contributed by atoms with van der Waals surface area (Å²) in [5.74, 6) is 0.501. The Kier molecular flexibility index (Phi) is 5.02. The van der Waals surface area contributed by atoms with Crippen LogP contribution in [0.3, 0.4) is 0 Å². The molecule has 0 amide bonds. The van der Waals surface area contributed by atoms with Crippen molar-refractivity contribution in [2.45, 2.75) is 6.92 Å². The second kappa shape index (κ2) is 7.40. The van der Waals surface area contributed by atoms with E-state index >= 15 is 0 Å². The van der Waals surface area contributed by atoms with Gasteiger partial charge in [0.25, 0.3) is 6.47 Å². The predicted molar refractivity (Wildman–Crippen MR) is 100 cm³/mol. The normalized spacial score (nSPS) is 10.5. The van der Waals surface area contributed by atoms with Crippen LogP contribution in [0.1, 0.15) is 5.89 Å². The molecule has 0 radical (unpaired) electrons. The molecule has 10 heteroatoms. The summed E-state index contributed by atoms with van der Waals surface area (Å²) in [6, 6.07) is 8.82. The Morgan fingerprint density at radius 1 is 1.22 bits per heavy atom. The molecule has 0 saturated carbocycles. The van der Waals surface area contributed by atoms with Crippen LogP contribution in [0.25, 0.3) is 33.1 Å². The van der Waals surface area contributed by atoms with Gasteiger partial charge in [-0.2, -0.15) is 10.2 Å². The van der Waals surface area contributed by atoms with Gasteiger partial charge in [-0.25, -0.2) is 4.98 Å². The van der Waals surface area contributed by atoms with E-state index in [1.54, 1.807) is 19.1 Å². The summed E-state index contributed by atoms with van der Waals surface area (Å²) in [6.45, 7) is 1.49. The Hall–Kier alpha value is -3.50. The largest absolute Gasteiger partial charge is 0.488 e. The molecule has 4 aromatic rings. The van der Waals surface area contributed by atoms with E-state index in [1.165, 1.54) is 6.20 Å². The zero-order valence-electron chi connectivity index (χ0n) is 14.2. The molecule has 2 heterocycles. The summed E-state index contributed by atoms with van der Waals surface area (Å²) in [5.41, 5.74) is 10.1. The van der Waals surface area contributed by atoms with Crippen molar-refractivity contribution < 1.29 is 24.4 Å². The number of rotatable bonds is 2. The first-order valence-corrected chi connectivity index (χ1v) is 7.81. The fourth-order valence-corrected chi connectivity index (χ4v) is 2.78. The molecule has 2 aromatic carbocycles. The van der Waals surface area contributed by atoms with Gasteiger partial charge in [-0.3, -0.25) is 4.79 Å². The fourth-order valence-electron chi connectivity index (χ4n) is 2.78. The van der Waals surface area contributed by atoms with Crippen LogP contribution in [0.5, 0.6) is 0 Å². The van der Waals surface area contributed by atoms with Crippen molar-refractivity contribution in [1.29, 1.82) is 0 Å². The molecule has 27 heavy (non-hydrogen) atoms. The molecule has 9 nitrogen and oxygen atoms in total. The van der Waals surface area contributed by atoms with Gasteiger partial charge in [0.05, 0.1) is 17.4 Å². The monoisotopic (exact) mass is 366 g/mol. The van der Waals surface area contributed by atoms with Gasteiger partial charge in [-0.15, -0.1) is 0 Å². The number of hydrogen-bond acceptors (Lipinski definition) is 8. The van der Waals surface area contributed by atoms with Crippen LogP contribution in [0.2, 0.25) is 0 Å². The van der Waals surface area contributed by atoms with E-state index in [1.807, 2.05) is 18.2 Å². The molecule has 0 aliphatic heterocycles. The highest BCUT2D eigenvalue weighted by molar-refractivity contribution is 6.59. The fraction of sp³-hybridized carbons (Fsp3) is 0.0588. The van der Waals surface area contributed by atoms with Crippen LogP contribution in [-0.4, -0.2) is 43.9 Å². The Morgan fingerprint density at radius 3 is 2.67 bits per heavy atom. The second-order valence-corrected chi connectivity index (χ2v) is 5.66. The van der Waals surface area contributed by atoms with Gasteiger partial charge in [0.2, 0.25) is 0 Å². The standard InChI is InChI=1S/C16H13BN4O3.CH2O2/c1-8-20-16-12(5-10(17(22)23)6-15(16)24-8)9-2-3-11-13(18)7-19-21-14(11)4-9;2-1-3/h2-7,22-23H,1H3,(H2,18,21);1H,(H,2,3). The van der Waals surface area contributed by atoms with E-state index in [9.17, 15) is 10.0 Å². The Balaban J connectivity index is 0.000000659. The highest BCUT2D eigenvalue weighted by Crippen LogP contribution is 2.30. The number of nitrogens with two attached hydrogens (primary N) is 1. The molecule has 0 atom stereocenters. The molecule has 0 aliphatic carbocycles. The Bertz CT molecular complexity index is 1130. The number of fused-ring (bicyclic) bond motifs is 2. The quantitative estimate of drug-likeness (QED) is 0.296. The molecule has 0 bridgehead atoms. The van der Waals surface area contributed by atoms with E-state index in [-0.39, 0.29) is 6.47 Å². The average molecular weight is 366 g/mol. The van der Waals surface area contributed by atoms with E-state index in [4.69, 9.17) is 20.1 Å². The van der Waals surface area contributed by atoms with Crippen LogP contribution in [-0.2, 0) is 4.79 Å². The van der Waals surface area contributed by atoms with Crippen LogP contribution >= 0.6 is 0 Å². The van der Waals surface area contributed by atoms with Gasteiger partial charge in [-0.1, -0.05) is 12.1 Å². The smallest absolute Gasteiger partial charge is 0.483 e. The first-order valence-electron chi connectivity index (χ1n) is 7.81. The van der Waals surface area contributed by atoms with Crippen molar-refractivity contribution in [3.8, 4) is 11.1 Å². The lowest BCUT2D eigenvalue weighted by molar-refractivity contribution is -0.122. The zero-order valence-corrected chi connectivity index (χ0v) is 14.2. The maximum atomic E-state index is 9.52. The van der Waals surface area contributed by atoms with Crippen LogP contribution in [0.15, 0.2) is 40.9 Å². The Morgan fingerprint density at radius 2 is 1.96 bits per heavy atom. The molecule has 0 spiro atoms. The maximum Gasteiger partial charge on any atom is 0.488 e. The van der Waals surface area contributed by atoms with Gasteiger partial charge < -0.3 is 25.3 Å². The highest BCUT2D eigenvalue weighted by atomic mass is 16.4. The number of aromatic nitrogens is 3. The summed E-state index contributed by atoms with van der Waals surface area (Å²) in [7, 11) is -1.60. The van der Waals surface area contributed by atoms with Crippen molar-refractivity contribution in [1.82, 2.24) is 15.2 Å². The minimum absolute atomic E-state index is 0.250. The summed E-state index contributed by atoms with van der Waals surface area (Å²) in [4.78, 5) is 12.8. The Labute approximate surface area is 153 Å². The first kappa shape index (κ1) is 18.3. The third kappa shape index (κ3) is 3.57. The molecule has 0 aliphatic rings. The lowest BCUT2D eigenvalue weighted by Crippen LogP contribution is -2.29.